The highest BCUT2D eigenvalue weighted by atomic mass is 16.1. The summed E-state index contributed by atoms with van der Waals surface area (Å²) in [4.78, 5) is 13.6. The number of aryl methyl sites for hydroxylation is 1. The van der Waals surface area contributed by atoms with Gasteiger partial charge in [-0.3, -0.25) is 4.79 Å². The highest BCUT2D eigenvalue weighted by Crippen LogP contribution is 2.13. The Morgan fingerprint density at radius 2 is 2.27 bits per heavy atom. The number of rotatable bonds is 0. The minimum Gasteiger partial charge on any atom is -0.322 e. The molecule has 2 rings (SSSR count). The van der Waals surface area contributed by atoms with Gasteiger partial charge in [-0.25, -0.2) is 0 Å². The van der Waals surface area contributed by atoms with Gasteiger partial charge in [0.2, 0.25) is 5.56 Å². The van der Waals surface area contributed by atoms with Crippen LogP contribution >= 0.6 is 0 Å². The smallest absolute Gasteiger partial charge is 0.248 e. The number of pyridine rings is 1. The van der Waals surface area contributed by atoms with Gasteiger partial charge in [-0.15, -0.1) is 0 Å². The molecule has 11 heavy (non-hydrogen) atoms. The zero-order valence-corrected chi connectivity index (χ0v) is 6.13. The Kier molecular flexibility index (Phi) is 1.39. The summed E-state index contributed by atoms with van der Waals surface area (Å²) < 4.78 is 0. The Morgan fingerprint density at radius 3 is 3.18 bits per heavy atom. The summed E-state index contributed by atoms with van der Waals surface area (Å²) in [5, 5.41) is 0. The maximum Gasteiger partial charge on any atom is 0.248 e. The molecule has 0 bridgehead atoms. The second kappa shape index (κ2) is 2.38. The van der Waals surface area contributed by atoms with Crippen LogP contribution in [0.25, 0.3) is 6.08 Å². The zero-order valence-electron chi connectivity index (χ0n) is 6.13. The third kappa shape index (κ3) is 1.11. The molecule has 0 aliphatic heterocycles. The zero-order chi connectivity index (χ0) is 7.68. The van der Waals surface area contributed by atoms with E-state index in [0.717, 1.165) is 18.5 Å². The highest BCUT2D eigenvalue weighted by Gasteiger charge is 2.02. The molecular formula is C9H9NO. The van der Waals surface area contributed by atoms with Crippen LogP contribution in [-0.4, -0.2) is 4.98 Å². The van der Waals surface area contributed by atoms with Crippen LogP contribution in [0, 0.1) is 0 Å². The maximum atomic E-state index is 10.9. The number of aromatic amines is 1. The van der Waals surface area contributed by atoms with Gasteiger partial charge in [0.1, 0.15) is 0 Å². The summed E-state index contributed by atoms with van der Waals surface area (Å²) in [5.74, 6) is 0. The molecule has 1 aliphatic rings. The molecule has 0 fully saturated rings. The number of hydrogen-bond acceptors (Lipinski definition) is 1. The Morgan fingerprint density at radius 1 is 1.36 bits per heavy atom. The van der Waals surface area contributed by atoms with Gasteiger partial charge >= 0.3 is 0 Å². The Bertz CT molecular complexity index is 349. The van der Waals surface area contributed by atoms with E-state index in [9.17, 15) is 4.79 Å². The normalized spacial score (nSPS) is 14.5. The molecule has 0 unspecified atom stereocenters. The molecule has 0 aromatic carbocycles. The third-order valence-electron chi connectivity index (χ3n) is 1.90. The van der Waals surface area contributed by atoms with E-state index < -0.39 is 0 Å². The molecule has 1 aromatic heterocycles. The summed E-state index contributed by atoms with van der Waals surface area (Å²) in [7, 11) is 0. The van der Waals surface area contributed by atoms with Crippen LogP contribution in [0.15, 0.2) is 23.0 Å². The van der Waals surface area contributed by atoms with Crippen LogP contribution in [-0.2, 0) is 6.42 Å². The Hall–Kier alpha value is -1.31. The van der Waals surface area contributed by atoms with Crippen molar-refractivity contribution in [2.24, 2.45) is 0 Å². The number of allylic oxidation sites excluding steroid dienone is 1. The van der Waals surface area contributed by atoms with Crippen molar-refractivity contribution < 1.29 is 0 Å². The van der Waals surface area contributed by atoms with Crippen molar-refractivity contribution in [2.45, 2.75) is 12.8 Å². The second-order valence-corrected chi connectivity index (χ2v) is 2.70. The van der Waals surface area contributed by atoms with Gasteiger partial charge in [0.25, 0.3) is 0 Å². The first-order valence-electron chi connectivity index (χ1n) is 3.75. The Balaban J connectivity index is 2.63. The third-order valence-corrected chi connectivity index (χ3v) is 1.90. The van der Waals surface area contributed by atoms with E-state index in [1.54, 1.807) is 6.07 Å². The van der Waals surface area contributed by atoms with Gasteiger partial charge in [0, 0.05) is 11.8 Å². The molecule has 0 amide bonds. The van der Waals surface area contributed by atoms with Crippen molar-refractivity contribution >= 4 is 6.08 Å². The van der Waals surface area contributed by atoms with Gasteiger partial charge in [0.15, 0.2) is 0 Å². The van der Waals surface area contributed by atoms with Gasteiger partial charge in [0.05, 0.1) is 0 Å². The van der Waals surface area contributed by atoms with Crippen LogP contribution in [0.5, 0.6) is 0 Å². The molecule has 0 saturated carbocycles. The van der Waals surface area contributed by atoms with Crippen molar-refractivity contribution in [3.8, 4) is 0 Å². The molecule has 1 aliphatic carbocycles. The molecule has 0 atom stereocenters. The standard InChI is InChI=1S/C9H9NO/c11-9-6-5-7-3-1-2-4-8(7)10-9/h2,4-6H,1,3H2,(H,10,11). The van der Waals surface area contributed by atoms with E-state index in [2.05, 4.69) is 11.1 Å². The summed E-state index contributed by atoms with van der Waals surface area (Å²) in [6.45, 7) is 0. The monoisotopic (exact) mass is 147 g/mol. The van der Waals surface area contributed by atoms with Crippen LogP contribution in [0.2, 0.25) is 0 Å². The van der Waals surface area contributed by atoms with Gasteiger partial charge in [-0.05, 0) is 24.5 Å². The average molecular weight is 147 g/mol. The van der Waals surface area contributed by atoms with Gasteiger partial charge in [-0.2, -0.15) is 0 Å². The van der Waals surface area contributed by atoms with E-state index >= 15 is 0 Å². The van der Waals surface area contributed by atoms with E-state index in [1.165, 1.54) is 5.56 Å². The summed E-state index contributed by atoms with van der Waals surface area (Å²) >= 11 is 0. The lowest BCUT2D eigenvalue weighted by atomic mass is 10.0. The number of fused-ring (bicyclic) bond motifs is 1. The first-order chi connectivity index (χ1) is 5.36. The molecule has 1 heterocycles. The van der Waals surface area contributed by atoms with E-state index in [1.807, 2.05) is 12.1 Å². The molecular weight excluding hydrogens is 138 g/mol. The van der Waals surface area contributed by atoms with E-state index in [-0.39, 0.29) is 5.56 Å². The predicted octanol–water partition coefficient (Wildman–Crippen LogP) is 1.33. The van der Waals surface area contributed by atoms with Gasteiger partial charge in [-0.1, -0.05) is 12.1 Å². The molecule has 2 nitrogen and oxygen atoms in total. The van der Waals surface area contributed by atoms with Crippen LogP contribution < -0.4 is 5.56 Å². The topological polar surface area (TPSA) is 32.9 Å². The summed E-state index contributed by atoms with van der Waals surface area (Å²) in [6.07, 6.45) is 6.18. The summed E-state index contributed by atoms with van der Waals surface area (Å²) in [5.41, 5.74) is 2.20. The second-order valence-electron chi connectivity index (χ2n) is 2.70. The van der Waals surface area contributed by atoms with Crippen molar-refractivity contribution in [1.82, 2.24) is 4.98 Å². The fraction of sp³-hybridized carbons (Fsp3) is 0.222. The quantitative estimate of drug-likeness (QED) is 0.590. The number of H-pyrrole nitrogens is 1. The highest BCUT2D eigenvalue weighted by molar-refractivity contribution is 5.51. The first kappa shape index (κ1) is 6.40. The molecule has 0 saturated heterocycles. The molecule has 56 valence electrons. The fourth-order valence-electron chi connectivity index (χ4n) is 1.33. The first-order valence-corrected chi connectivity index (χ1v) is 3.75. The Labute approximate surface area is 64.6 Å². The number of hydrogen-bond donors (Lipinski definition) is 1. The van der Waals surface area contributed by atoms with E-state index in [0.29, 0.717) is 0 Å². The number of nitrogens with one attached hydrogen (secondary N) is 1. The summed E-state index contributed by atoms with van der Waals surface area (Å²) in [6, 6.07) is 3.48. The molecule has 2 heteroatoms. The lowest BCUT2D eigenvalue weighted by Crippen LogP contribution is -2.08. The minimum atomic E-state index is -0.0182. The SMILES string of the molecule is O=c1ccc2c([nH]1)C=CCC2. The predicted molar refractivity (Wildman–Crippen MR) is 44.4 cm³/mol. The van der Waals surface area contributed by atoms with Gasteiger partial charge < -0.3 is 4.98 Å². The molecule has 1 N–H and O–H groups in total. The van der Waals surface area contributed by atoms with Crippen molar-refractivity contribution in [1.29, 1.82) is 0 Å². The fourth-order valence-corrected chi connectivity index (χ4v) is 1.33. The van der Waals surface area contributed by atoms with Crippen LogP contribution in [0.4, 0.5) is 0 Å². The molecule has 0 spiro atoms. The average Bonchev–Trinajstić information content (AvgIpc) is 2.04. The van der Waals surface area contributed by atoms with E-state index in [4.69, 9.17) is 0 Å². The largest absolute Gasteiger partial charge is 0.322 e. The maximum absolute atomic E-state index is 10.9. The lowest BCUT2D eigenvalue weighted by molar-refractivity contribution is 0.957. The minimum absolute atomic E-state index is 0.0182. The van der Waals surface area contributed by atoms with Crippen LogP contribution in [0.1, 0.15) is 17.7 Å². The van der Waals surface area contributed by atoms with Crippen LogP contribution in [0.3, 0.4) is 0 Å². The molecule has 0 radical (unpaired) electrons. The number of aromatic nitrogens is 1. The molecule has 1 aromatic rings. The van der Waals surface area contributed by atoms with Crippen molar-refractivity contribution in [3.63, 3.8) is 0 Å². The lowest BCUT2D eigenvalue weighted by Gasteiger charge is -2.07. The van der Waals surface area contributed by atoms with Crippen molar-refractivity contribution in [3.05, 3.63) is 39.8 Å². The van der Waals surface area contributed by atoms with Crippen molar-refractivity contribution in [2.75, 3.05) is 0 Å².